The van der Waals surface area contributed by atoms with Crippen LogP contribution in [0.15, 0.2) is 47.5 Å². The number of hydrogen-bond donors (Lipinski definition) is 3. The van der Waals surface area contributed by atoms with E-state index in [4.69, 9.17) is 15.2 Å². The number of halogens is 1. The Morgan fingerprint density at radius 2 is 1.86 bits per heavy atom. The highest BCUT2D eigenvalue weighted by Crippen LogP contribution is 2.29. The molecule has 0 aliphatic heterocycles. The predicted molar refractivity (Wildman–Crippen MR) is 128 cm³/mol. The number of anilines is 1. The van der Waals surface area contributed by atoms with E-state index in [2.05, 4.69) is 15.6 Å². The van der Waals surface area contributed by atoms with Crippen molar-refractivity contribution in [2.24, 2.45) is 10.7 Å². The molecular weight excluding hydrogens is 483 g/mol. The molecule has 0 aliphatic rings. The SMILES string of the molecule is CCOc1ccc(OCC)c(NC(N)=NCCNC(=O)c2cccc(C)c2)c1.I. The summed E-state index contributed by atoms with van der Waals surface area (Å²) < 4.78 is 11.1. The molecule has 158 valence electrons. The fraction of sp³-hybridized carbons (Fsp3) is 0.333. The molecule has 0 unspecified atom stereocenters. The molecule has 0 atom stereocenters. The number of guanidine groups is 1. The molecule has 0 radical (unpaired) electrons. The van der Waals surface area contributed by atoms with Gasteiger partial charge in [0.1, 0.15) is 11.5 Å². The van der Waals surface area contributed by atoms with Crippen molar-refractivity contribution in [3.05, 3.63) is 53.6 Å². The highest BCUT2D eigenvalue weighted by atomic mass is 127. The van der Waals surface area contributed by atoms with Crippen molar-refractivity contribution in [3.8, 4) is 11.5 Å². The third-order valence-corrected chi connectivity index (χ3v) is 3.78. The summed E-state index contributed by atoms with van der Waals surface area (Å²) in [4.78, 5) is 16.4. The molecule has 0 bridgehead atoms. The first-order valence-corrected chi connectivity index (χ1v) is 9.35. The lowest BCUT2D eigenvalue weighted by atomic mass is 10.1. The van der Waals surface area contributed by atoms with E-state index >= 15 is 0 Å². The molecule has 2 rings (SSSR count). The molecule has 4 N–H and O–H groups in total. The Morgan fingerprint density at radius 1 is 1.10 bits per heavy atom. The van der Waals surface area contributed by atoms with Gasteiger partial charge in [0.2, 0.25) is 0 Å². The quantitative estimate of drug-likeness (QED) is 0.207. The molecule has 0 fully saturated rings. The van der Waals surface area contributed by atoms with E-state index in [-0.39, 0.29) is 35.8 Å². The molecule has 1 amide bonds. The van der Waals surface area contributed by atoms with Crippen molar-refractivity contribution in [3.63, 3.8) is 0 Å². The number of ether oxygens (including phenoxy) is 2. The lowest BCUT2D eigenvalue weighted by Crippen LogP contribution is -2.28. The molecule has 0 heterocycles. The zero-order chi connectivity index (χ0) is 20.4. The smallest absolute Gasteiger partial charge is 0.251 e. The number of carbonyl (C=O) groups excluding carboxylic acids is 1. The molecule has 8 heteroatoms. The maximum Gasteiger partial charge on any atom is 0.251 e. The van der Waals surface area contributed by atoms with Gasteiger partial charge in [-0.3, -0.25) is 9.79 Å². The monoisotopic (exact) mass is 512 g/mol. The van der Waals surface area contributed by atoms with Crippen molar-refractivity contribution in [2.45, 2.75) is 20.8 Å². The highest BCUT2D eigenvalue weighted by Gasteiger charge is 2.08. The topological polar surface area (TPSA) is 98.0 Å². The van der Waals surface area contributed by atoms with Crippen LogP contribution < -0.4 is 25.8 Å². The van der Waals surface area contributed by atoms with Crippen LogP contribution in [0.3, 0.4) is 0 Å². The Morgan fingerprint density at radius 3 is 2.55 bits per heavy atom. The van der Waals surface area contributed by atoms with Crippen LogP contribution in [0.4, 0.5) is 5.69 Å². The zero-order valence-corrected chi connectivity index (χ0v) is 19.4. The van der Waals surface area contributed by atoms with Gasteiger partial charge < -0.3 is 25.8 Å². The van der Waals surface area contributed by atoms with Crippen molar-refractivity contribution in [1.82, 2.24) is 5.32 Å². The largest absolute Gasteiger partial charge is 0.494 e. The summed E-state index contributed by atoms with van der Waals surface area (Å²) >= 11 is 0. The molecule has 0 saturated carbocycles. The Hall–Kier alpha value is -2.49. The number of rotatable bonds is 9. The van der Waals surface area contributed by atoms with Crippen LogP contribution in [0.1, 0.15) is 29.8 Å². The van der Waals surface area contributed by atoms with E-state index in [9.17, 15) is 4.79 Å². The van der Waals surface area contributed by atoms with E-state index in [1.54, 1.807) is 6.07 Å². The van der Waals surface area contributed by atoms with Crippen molar-refractivity contribution < 1.29 is 14.3 Å². The van der Waals surface area contributed by atoms with Crippen LogP contribution in [0, 0.1) is 6.92 Å². The van der Waals surface area contributed by atoms with Gasteiger partial charge in [0.05, 0.1) is 25.4 Å². The van der Waals surface area contributed by atoms with Crippen molar-refractivity contribution in [2.75, 3.05) is 31.6 Å². The maximum atomic E-state index is 12.1. The third kappa shape index (κ3) is 8.18. The number of amides is 1. The van der Waals surface area contributed by atoms with Gasteiger partial charge in [-0.1, -0.05) is 17.7 Å². The number of hydrogen-bond acceptors (Lipinski definition) is 4. The van der Waals surface area contributed by atoms with Gasteiger partial charge in [-0.05, 0) is 45.0 Å². The lowest BCUT2D eigenvalue weighted by molar-refractivity contribution is 0.0954. The normalized spacial score (nSPS) is 10.7. The summed E-state index contributed by atoms with van der Waals surface area (Å²) in [7, 11) is 0. The van der Waals surface area contributed by atoms with Gasteiger partial charge in [0.25, 0.3) is 5.91 Å². The first kappa shape index (κ1) is 24.5. The molecule has 7 nitrogen and oxygen atoms in total. The Labute approximate surface area is 189 Å². The number of nitrogens with zero attached hydrogens (tertiary/aromatic N) is 1. The summed E-state index contributed by atoms with van der Waals surface area (Å²) in [5.41, 5.74) is 8.32. The van der Waals surface area contributed by atoms with Gasteiger partial charge in [-0.2, -0.15) is 0 Å². The summed E-state index contributed by atoms with van der Waals surface area (Å²) in [6, 6.07) is 12.9. The number of aryl methyl sites for hydroxylation is 1. The summed E-state index contributed by atoms with van der Waals surface area (Å²) in [6.07, 6.45) is 0. The summed E-state index contributed by atoms with van der Waals surface area (Å²) in [5.74, 6) is 1.48. The van der Waals surface area contributed by atoms with Gasteiger partial charge in [-0.15, -0.1) is 24.0 Å². The molecule has 2 aromatic carbocycles. The number of nitrogens with two attached hydrogens (primary N) is 1. The summed E-state index contributed by atoms with van der Waals surface area (Å²) in [5, 5.41) is 5.86. The minimum Gasteiger partial charge on any atom is -0.494 e. The van der Waals surface area contributed by atoms with Crippen LogP contribution in [0.2, 0.25) is 0 Å². The van der Waals surface area contributed by atoms with Gasteiger partial charge in [0.15, 0.2) is 5.96 Å². The lowest BCUT2D eigenvalue weighted by Gasteiger charge is -2.14. The molecule has 0 aromatic heterocycles. The van der Waals surface area contributed by atoms with E-state index in [0.29, 0.717) is 49.1 Å². The van der Waals surface area contributed by atoms with Crippen LogP contribution in [-0.4, -0.2) is 38.2 Å². The van der Waals surface area contributed by atoms with Gasteiger partial charge in [0, 0.05) is 18.2 Å². The maximum absolute atomic E-state index is 12.1. The molecule has 0 spiro atoms. The second-order valence-electron chi connectivity index (χ2n) is 6.04. The standard InChI is InChI=1S/C21H28N4O3.HI/c1-4-27-17-9-10-19(28-5-2)18(14-17)25-21(22)24-12-11-23-20(26)16-8-6-7-15(3)13-16;/h6-10,13-14H,4-5,11-12H2,1-3H3,(H,23,26)(H3,22,24,25);1H. The van der Waals surface area contributed by atoms with Crippen LogP contribution in [0.25, 0.3) is 0 Å². The Balaban J connectivity index is 0.00000420. The summed E-state index contributed by atoms with van der Waals surface area (Å²) in [6.45, 7) is 7.61. The Bertz CT molecular complexity index is 827. The van der Waals surface area contributed by atoms with Crippen LogP contribution in [-0.2, 0) is 0 Å². The molecule has 2 aromatic rings. The first-order chi connectivity index (χ1) is 13.5. The average molecular weight is 512 g/mol. The second kappa shape index (κ2) is 12.9. The second-order valence-corrected chi connectivity index (χ2v) is 6.04. The molecule has 0 saturated heterocycles. The minimum absolute atomic E-state index is 0. The van der Waals surface area contributed by atoms with Gasteiger partial charge in [-0.25, -0.2) is 0 Å². The number of aliphatic imine (C=N–C) groups is 1. The first-order valence-electron chi connectivity index (χ1n) is 9.35. The van der Waals surface area contributed by atoms with Crippen molar-refractivity contribution in [1.29, 1.82) is 0 Å². The van der Waals surface area contributed by atoms with E-state index in [1.807, 2.05) is 57.2 Å². The zero-order valence-electron chi connectivity index (χ0n) is 17.0. The van der Waals surface area contributed by atoms with E-state index in [0.717, 1.165) is 5.56 Å². The number of nitrogens with one attached hydrogen (secondary N) is 2. The highest BCUT2D eigenvalue weighted by molar-refractivity contribution is 14.0. The fourth-order valence-electron chi connectivity index (χ4n) is 2.56. The van der Waals surface area contributed by atoms with E-state index in [1.165, 1.54) is 0 Å². The van der Waals surface area contributed by atoms with Crippen LogP contribution >= 0.6 is 24.0 Å². The van der Waals surface area contributed by atoms with Crippen molar-refractivity contribution >= 4 is 41.5 Å². The van der Waals surface area contributed by atoms with Crippen LogP contribution in [0.5, 0.6) is 11.5 Å². The molecular formula is C21H29IN4O3. The number of carbonyl (C=O) groups is 1. The number of benzene rings is 2. The third-order valence-electron chi connectivity index (χ3n) is 3.78. The Kier molecular flexibility index (Phi) is 10.9. The molecule has 0 aliphatic carbocycles. The fourth-order valence-corrected chi connectivity index (χ4v) is 2.56. The predicted octanol–water partition coefficient (Wildman–Crippen LogP) is 3.57. The average Bonchev–Trinajstić information content (AvgIpc) is 2.67. The van der Waals surface area contributed by atoms with Gasteiger partial charge >= 0.3 is 0 Å². The minimum atomic E-state index is -0.131. The van der Waals surface area contributed by atoms with E-state index < -0.39 is 0 Å². The molecule has 29 heavy (non-hydrogen) atoms.